The number of hydrogen-bond donors (Lipinski definition) is 0. The summed E-state index contributed by atoms with van der Waals surface area (Å²) in [5, 5.41) is 0. The van der Waals surface area contributed by atoms with Gasteiger partial charge in [-0.05, 0) is 17.5 Å². The molecule has 25 heavy (non-hydrogen) atoms. The summed E-state index contributed by atoms with van der Waals surface area (Å²) in [6.45, 7) is 5.16. The van der Waals surface area contributed by atoms with Crippen LogP contribution in [0, 0.1) is 5.41 Å². The first-order valence-electron chi connectivity index (χ1n) is 8.31. The van der Waals surface area contributed by atoms with Crippen molar-refractivity contribution < 1.29 is 19.1 Å². The number of ether oxygens (including phenoxy) is 2. The third kappa shape index (κ3) is 6.07. The van der Waals surface area contributed by atoms with E-state index in [0.717, 1.165) is 11.1 Å². The number of carbonyl (C=O) groups excluding carboxylic acids is 2. The second-order valence-corrected chi connectivity index (χ2v) is 6.74. The predicted molar refractivity (Wildman–Crippen MR) is 95.7 cm³/mol. The fourth-order valence-electron chi connectivity index (χ4n) is 2.62. The molecule has 4 heteroatoms. The maximum Gasteiger partial charge on any atom is 0.313 e. The minimum Gasteiger partial charge on any atom is -0.425 e. The molecule has 2 aromatic carbocycles. The lowest BCUT2D eigenvalue weighted by atomic mass is 9.85. The summed E-state index contributed by atoms with van der Waals surface area (Å²) in [5.41, 5.74) is 1.39. The standard InChI is InChI=1S/C21H24O4/c1-16(22)24-20(21(2,3)15-18-12-8-5-9-13-18)25-19(23)14-17-10-6-4-7-11-17/h4-13,20H,14-15H2,1-3H3. The molecule has 0 aliphatic rings. The number of carbonyl (C=O) groups is 2. The molecule has 0 saturated heterocycles. The van der Waals surface area contributed by atoms with Crippen LogP contribution in [0.4, 0.5) is 0 Å². The van der Waals surface area contributed by atoms with Crippen LogP contribution in [0.2, 0.25) is 0 Å². The molecule has 2 aromatic rings. The molecular weight excluding hydrogens is 316 g/mol. The highest BCUT2D eigenvalue weighted by atomic mass is 16.7. The van der Waals surface area contributed by atoms with Crippen molar-refractivity contribution in [3.05, 3.63) is 71.8 Å². The first-order valence-corrected chi connectivity index (χ1v) is 8.31. The Hall–Kier alpha value is -2.62. The number of hydrogen-bond acceptors (Lipinski definition) is 4. The summed E-state index contributed by atoms with van der Waals surface area (Å²) >= 11 is 0. The summed E-state index contributed by atoms with van der Waals surface area (Å²) in [7, 11) is 0. The van der Waals surface area contributed by atoms with Crippen LogP contribution in [0.3, 0.4) is 0 Å². The van der Waals surface area contributed by atoms with Crippen LogP contribution < -0.4 is 0 Å². The average Bonchev–Trinajstić information content (AvgIpc) is 2.55. The van der Waals surface area contributed by atoms with E-state index in [1.807, 2.05) is 74.5 Å². The quantitative estimate of drug-likeness (QED) is 0.566. The molecule has 0 bridgehead atoms. The molecule has 0 N–H and O–H groups in total. The Labute approximate surface area is 148 Å². The molecule has 1 unspecified atom stereocenters. The van der Waals surface area contributed by atoms with Gasteiger partial charge in [0.1, 0.15) is 0 Å². The van der Waals surface area contributed by atoms with Crippen molar-refractivity contribution in [2.75, 3.05) is 0 Å². The first-order chi connectivity index (χ1) is 11.9. The zero-order valence-corrected chi connectivity index (χ0v) is 14.9. The third-order valence-electron chi connectivity index (χ3n) is 3.84. The largest absolute Gasteiger partial charge is 0.425 e. The van der Waals surface area contributed by atoms with Crippen molar-refractivity contribution in [2.45, 2.75) is 39.9 Å². The Morgan fingerprint density at radius 3 is 1.92 bits per heavy atom. The van der Waals surface area contributed by atoms with Crippen LogP contribution >= 0.6 is 0 Å². The van der Waals surface area contributed by atoms with Crippen LogP contribution in [0.5, 0.6) is 0 Å². The van der Waals surface area contributed by atoms with E-state index in [0.29, 0.717) is 6.42 Å². The maximum absolute atomic E-state index is 12.3. The van der Waals surface area contributed by atoms with E-state index in [4.69, 9.17) is 9.47 Å². The number of esters is 2. The summed E-state index contributed by atoms with van der Waals surface area (Å²) in [4.78, 5) is 23.8. The molecule has 0 aliphatic heterocycles. The van der Waals surface area contributed by atoms with E-state index in [2.05, 4.69) is 0 Å². The lowest BCUT2D eigenvalue weighted by Crippen LogP contribution is -2.39. The fraction of sp³-hybridized carbons (Fsp3) is 0.333. The van der Waals surface area contributed by atoms with Gasteiger partial charge in [-0.1, -0.05) is 74.5 Å². The van der Waals surface area contributed by atoms with E-state index in [1.165, 1.54) is 6.92 Å². The summed E-state index contributed by atoms with van der Waals surface area (Å²) < 4.78 is 10.8. The Morgan fingerprint density at radius 2 is 1.40 bits per heavy atom. The Bertz CT molecular complexity index is 692. The maximum atomic E-state index is 12.3. The first kappa shape index (κ1) is 18.7. The van der Waals surface area contributed by atoms with Crippen molar-refractivity contribution >= 4 is 11.9 Å². The summed E-state index contributed by atoms with van der Waals surface area (Å²) in [5.74, 6) is -0.891. The van der Waals surface area contributed by atoms with E-state index in [1.54, 1.807) is 0 Å². The molecule has 0 saturated carbocycles. The highest BCUT2D eigenvalue weighted by Crippen LogP contribution is 2.29. The monoisotopic (exact) mass is 340 g/mol. The minimum atomic E-state index is -0.943. The van der Waals surface area contributed by atoms with Crippen LogP contribution in [0.1, 0.15) is 31.9 Å². The van der Waals surface area contributed by atoms with Gasteiger partial charge in [0.15, 0.2) is 0 Å². The van der Waals surface area contributed by atoms with Crippen molar-refractivity contribution in [3.8, 4) is 0 Å². The molecule has 0 radical (unpaired) electrons. The Balaban J connectivity index is 2.08. The Morgan fingerprint density at radius 1 is 0.880 bits per heavy atom. The number of benzene rings is 2. The number of rotatable bonds is 7. The zero-order valence-electron chi connectivity index (χ0n) is 14.9. The second-order valence-electron chi connectivity index (χ2n) is 6.74. The van der Waals surface area contributed by atoms with Crippen molar-refractivity contribution in [1.29, 1.82) is 0 Å². The third-order valence-corrected chi connectivity index (χ3v) is 3.84. The van der Waals surface area contributed by atoms with Crippen LogP contribution in [0.25, 0.3) is 0 Å². The topological polar surface area (TPSA) is 52.6 Å². The molecular formula is C21H24O4. The smallest absolute Gasteiger partial charge is 0.313 e. The Kier molecular flexibility index (Phi) is 6.34. The van der Waals surface area contributed by atoms with E-state index in [9.17, 15) is 9.59 Å². The van der Waals surface area contributed by atoms with Gasteiger partial charge in [-0.3, -0.25) is 9.59 Å². The molecule has 0 aliphatic carbocycles. The molecule has 132 valence electrons. The molecule has 0 aromatic heterocycles. The van der Waals surface area contributed by atoms with Gasteiger partial charge in [-0.15, -0.1) is 0 Å². The lowest BCUT2D eigenvalue weighted by molar-refractivity contribution is -0.207. The van der Waals surface area contributed by atoms with Gasteiger partial charge in [-0.2, -0.15) is 0 Å². The van der Waals surface area contributed by atoms with Crippen LogP contribution in [-0.2, 0) is 31.9 Å². The SMILES string of the molecule is CC(=O)OC(OC(=O)Cc1ccccc1)C(C)(C)Cc1ccccc1. The van der Waals surface area contributed by atoms with Crippen molar-refractivity contribution in [1.82, 2.24) is 0 Å². The van der Waals surface area contributed by atoms with E-state index in [-0.39, 0.29) is 6.42 Å². The highest BCUT2D eigenvalue weighted by Gasteiger charge is 2.35. The predicted octanol–water partition coefficient (Wildman–Crippen LogP) is 3.93. The average molecular weight is 340 g/mol. The molecule has 0 heterocycles. The van der Waals surface area contributed by atoms with Crippen molar-refractivity contribution in [2.24, 2.45) is 5.41 Å². The van der Waals surface area contributed by atoms with Gasteiger partial charge < -0.3 is 9.47 Å². The van der Waals surface area contributed by atoms with Gasteiger partial charge in [-0.25, -0.2) is 0 Å². The normalized spacial score (nSPS) is 12.3. The van der Waals surface area contributed by atoms with E-state index >= 15 is 0 Å². The van der Waals surface area contributed by atoms with Gasteiger partial charge in [0.05, 0.1) is 6.42 Å². The van der Waals surface area contributed by atoms with Gasteiger partial charge in [0, 0.05) is 12.3 Å². The van der Waals surface area contributed by atoms with Crippen molar-refractivity contribution in [3.63, 3.8) is 0 Å². The highest BCUT2D eigenvalue weighted by molar-refractivity contribution is 5.73. The zero-order chi connectivity index (χ0) is 18.3. The second kappa shape index (κ2) is 8.47. The van der Waals surface area contributed by atoms with Crippen LogP contribution in [-0.4, -0.2) is 18.2 Å². The van der Waals surface area contributed by atoms with E-state index < -0.39 is 23.6 Å². The van der Waals surface area contributed by atoms with Gasteiger partial charge in [0.25, 0.3) is 6.29 Å². The molecule has 0 amide bonds. The molecule has 1 atom stereocenters. The molecule has 0 spiro atoms. The van der Waals surface area contributed by atoms with Crippen LogP contribution in [0.15, 0.2) is 60.7 Å². The fourth-order valence-corrected chi connectivity index (χ4v) is 2.62. The summed E-state index contributed by atoms with van der Waals surface area (Å²) in [6.07, 6.45) is -0.189. The lowest BCUT2D eigenvalue weighted by Gasteiger charge is -2.32. The molecule has 2 rings (SSSR count). The van der Waals surface area contributed by atoms with Gasteiger partial charge in [0.2, 0.25) is 0 Å². The minimum absolute atomic E-state index is 0.139. The molecule has 0 fully saturated rings. The molecule has 4 nitrogen and oxygen atoms in total. The summed E-state index contributed by atoms with van der Waals surface area (Å²) in [6, 6.07) is 19.2. The van der Waals surface area contributed by atoms with Gasteiger partial charge >= 0.3 is 11.9 Å².